The van der Waals surface area contributed by atoms with Crippen molar-refractivity contribution in [2.45, 2.75) is 6.42 Å². The normalized spacial score (nSPS) is 9.95. The fourth-order valence-corrected chi connectivity index (χ4v) is 1.50. The smallest absolute Gasteiger partial charge is 0.358 e. The molecule has 0 atom stereocenters. The first-order valence-electron chi connectivity index (χ1n) is 5.85. The number of hydrogen-bond acceptors (Lipinski definition) is 6. The number of ether oxygens (including phenoxy) is 1. The van der Waals surface area contributed by atoms with E-state index in [9.17, 15) is 4.79 Å². The number of carbonyl (C=O) groups excluding carboxylic acids is 1. The number of aromatic nitrogens is 3. The van der Waals surface area contributed by atoms with Crippen LogP contribution < -0.4 is 5.32 Å². The van der Waals surface area contributed by atoms with Crippen LogP contribution in [0.5, 0.6) is 0 Å². The van der Waals surface area contributed by atoms with Crippen molar-refractivity contribution in [2.24, 2.45) is 0 Å². The molecule has 0 aromatic carbocycles. The van der Waals surface area contributed by atoms with Crippen molar-refractivity contribution in [1.29, 1.82) is 0 Å². The topological polar surface area (TPSA) is 77.0 Å². The van der Waals surface area contributed by atoms with Gasteiger partial charge in [-0.25, -0.2) is 4.79 Å². The molecule has 0 saturated carbocycles. The molecule has 2 rings (SSSR count). The second kappa shape index (κ2) is 6.44. The van der Waals surface area contributed by atoms with Crippen LogP contribution in [0.15, 0.2) is 36.5 Å². The zero-order chi connectivity index (χ0) is 13.5. The molecule has 0 saturated heterocycles. The van der Waals surface area contributed by atoms with Gasteiger partial charge in [-0.1, -0.05) is 6.07 Å². The molecule has 0 bridgehead atoms. The Morgan fingerprint density at radius 2 is 2.16 bits per heavy atom. The van der Waals surface area contributed by atoms with Crippen LogP contribution in [-0.2, 0) is 11.2 Å². The van der Waals surface area contributed by atoms with E-state index in [0.717, 1.165) is 12.1 Å². The molecule has 2 aromatic rings. The average Bonchev–Trinajstić information content (AvgIpc) is 2.48. The van der Waals surface area contributed by atoms with Gasteiger partial charge >= 0.3 is 5.97 Å². The molecule has 0 spiro atoms. The number of nitrogens with zero attached hydrogens (tertiary/aromatic N) is 3. The lowest BCUT2D eigenvalue weighted by atomic mass is 10.3. The van der Waals surface area contributed by atoms with Crippen LogP contribution in [0.1, 0.15) is 16.2 Å². The van der Waals surface area contributed by atoms with E-state index in [-0.39, 0.29) is 5.69 Å². The van der Waals surface area contributed by atoms with Crippen molar-refractivity contribution < 1.29 is 9.53 Å². The maximum atomic E-state index is 11.2. The molecule has 1 N–H and O–H groups in total. The van der Waals surface area contributed by atoms with E-state index >= 15 is 0 Å². The molecule has 19 heavy (non-hydrogen) atoms. The summed E-state index contributed by atoms with van der Waals surface area (Å²) in [6, 6.07) is 9.06. The Morgan fingerprint density at radius 1 is 1.26 bits per heavy atom. The van der Waals surface area contributed by atoms with Gasteiger partial charge in [0, 0.05) is 24.9 Å². The summed E-state index contributed by atoms with van der Waals surface area (Å²) in [6.07, 6.45) is 2.56. The van der Waals surface area contributed by atoms with Gasteiger partial charge in [0.1, 0.15) is 5.82 Å². The quantitative estimate of drug-likeness (QED) is 0.815. The summed E-state index contributed by atoms with van der Waals surface area (Å²) in [6.45, 7) is 0.698. The molecule has 0 unspecified atom stereocenters. The molecule has 6 heteroatoms. The van der Waals surface area contributed by atoms with Gasteiger partial charge in [0.25, 0.3) is 0 Å². The number of hydrogen-bond donors (Lipinski definition) is 1. The van der Waals surface area contributed by atoms with Crippen molar-refractivity contribution in [3.63, 3.8) is 0 Å². The molecule has 0 amide bonds. The highest BCUT2D eigenvalue weighted by atomic mass is 16.5. The Kier molecular flexibility index (Phi) is 4.39. The van der Waals surface area contributed by atoms with Crippen LogP contribution in [0.2, 0.25) is 0 Å². The van der Waals surface area contributed by atoms with Crippen molar-refractivity contribution in [3.05, 3.63) is 47.9 Å². The van der Waals surface area contributed by atoms with Gasteiger partial charge in [-0.2, -0.15) is 0 Å². The summed E-state index contributed by atoms with van der Waals surface area (Å²) in [7, 11) is 1.31. The molecule has 0 fully saturated rings. The van der Waals surface area contributed by atoms with Gasteiger partial charge in [0.15, 0.2) is 5.69 Å². The third-order valence-electron chi connectivity index (χ3n) is 2.47. The maximum absolute atomic E-state index is 11.2. The van der Waals surface area contributed by atoms with E-state index in [1.807, 2.05) is 18.2 Å². The molecule has 0 aliphatic carbocycles. The van der Waals surface area contributed by atoms with Gasteiger partial charge in [0.2, 0.25) is 0 Å². The minimum absolute atomic E-state index is 0.192. The number of methoxy groups -OCH3 is 1. The molecule has 2 aromatic heterocycles. The van der Waals surface area contributed by atoms with E-state index in [1.165, 1.54) is 7.11 Å². The second-order valence-corrected chi connectivity index (χ2v) is 3.79. The van der Waals surface area contributed by atoms with Crippen molar-refractivity contribution in [2.75, 3.05) is 19.0 Å². The summed E-state index contributed by atoms with van der Waals surface area (Å²) in [5, 5.41) is 10.8. The highest BCUT2D eigenvalue weighted by molar-refractivity contribution is 5.86. The average molecular weight is 258 g/mol. The largest absolute Gasteiger partial charge is 0.464 e. The van der Waals surface area contributed by atoms with Gasteiger partial charge in [-0.3, -0.25) is 4.98 Å². The van der Waals surface area contributed by atoms with E-state index in [4.69, 9.17) is 0 Å². The van der Waals surface area contributed by atoms with Crippen molar-refractivity contribution >= 4 is 11.8 Å². The van der Waals surface area contributed by atoms with E-state index < -0.39 is 5.97 Å². The van der Waals surface area contributed by atoms with Gasteiger partial charge in [-0.05, 0) is 24.3 Å². The van der Waals surface area contributed by atoms with E-state index in [0.29, 0.717) is 12.4 Å². The first-order chi connectivity index (χ1) is 9.29. The summed E-state index contributed by atoms with van der Waals surface area (Å²) < 4.78 is 4.54. The molecule has 6 nitrogen and oxygen atoms in total. The number of anilines is 1. The minimum atomic E-state index is -0.493. The van der Waals surface area contributed by atoms with Crippen molar-refractivity contribution in [1.82, 2.24) is 15.2 Å². The zero-order valence-electron chi connectivity index (χ0n) is 10.5. The Labute approximate surface area is 110 Å². The molecular weight excluding hydrogens is 244 g/mol. The van der Waals surface area contributed by atoms with Gasteiger partial charge < -0.3 is 10.1 Å². The predicted molar refractivity (Wildman–Crippen MR) is 69.8 cm³/mol. The number of esters is 1. The monoisotopic (exact) mass is 258 g/mol. The molecule has 0 radical (unpaired) electrons. The van der Waals surface area contributed by atoms with Crippen LogP contribution in [0.25, 0.3) is 0 Å². The van der Waals surface area contributed by atoms with Crippen LogP contribution in [0.3, 0.4) is 0 Å². The van der Waals surface area contributed by atoms with Gasteiger partial charge in [0.05, 0.1) is 7.11 Å². The highest BCUT2D eigenvalue weighted by Gasteiger charge is 2.07. The number of rotatable bonds is 5. The Morgan fingerprint density at radius 3 is 2.79 bits per heavy atom. The first kappa shape index (κ1) is 12.9. The fourth-order valence-electron chi connectivity index (χ4n) is 1.50. The zero-order valence-corrected chi connectivity index (χ0v) is 10.5. The molecule has 0 aliphatic rings. The van der Waals surface area contributed by atoms with E-state index in [2.05, 4.69) is 25.2 Å². The lowest BCUT2D eigenvalue weighted by Gasteiger charge is -2.04. The summed E-state index contributed by atoms with van der Waals surface area (Å²) in [4.78, 5) is 15.4. The summed E-state index contributed by atoms with van der Waals surface area (Å²) >= 11 is 0. The molecule has 98 valence electrons. The Balaban J connectivity index is 1.85. The summed E-state index contributed by atoms with van der Waals surface area (Å²) in [5.74, 6) is 0.121. The third-order valence-corrected chi connectivity index (χ3v) is 2.47. The maximum Gasteiger partial charge on any atom is 0.358 e. The number of carbonyl (C=O) groups is 1. The molecular formula is C13H14N4O2. The SMILES string of the molecule is COC(=O)c1ccc(NCCc2ccccn2)nn1. The lowest BCUT2D eigenvalue weighted by molar-refractivity contribution is 0.0593. The van der Waals surface area contributed by atoms with Crippen LogP contribution >= 0.6 is 0 Å². The van der Waals surface area contributed by atoms with Crippen molar-refractivity contribution in [3.8, 4) is 0 Å². The summed E-state index contributed by atoms with van der Waals surface area (Å²) in [5.41, 5.74) is 1.20. The van der Waals surface area contributed by atoms with Gasteiger partial charge in [-0.15, -0.1) is 10.2 Å². The first-order valence-corrected chi connectivity index (χ1v) is 5.85. The third kappa shape index (κ3) is 3.74. The second-order valence-electron chi connectivity index (χ2n) is 3.79. The Bertz CT molecular complexity index is 528. The number of nitrogens with one attached hydrogen (secondary N) is 1. The standard InChI is InChI=1S/C13H14N4O2/c1-19-13(18)11-5-6-12(17-16-11)15-9-7-10-4-2-3-8-14-10/h2-6,8H,7,9H2,1H3,(H,15,17). The van der Waals surface area contributed by atoms with Crippen LogP contribution in [0, 0.1) is 0 Å². The minimum Gasteiger partial charge on any atom is -0.464 e. The molecule has 2 heterocycles. The lowest BCUT2D eigenvalue weighted by Crippen LogP contribution is -2.10. The predicted octanol–water partition coefficient (Wildman–Crippen LogP) is 1.31. The number of pyridine rings is 1. The highest BCUT2D eigenvalue weighted by Crippen LogP contribution is 2.03. The van der Waals surface area contributed by atoms with E-state index in [1.54, 1.807) is 18.3 Å². The van der Waals surface area contributed by atoms with Crippen LogP contribution in [-0.4, -0.2) is 34.8 Å². The fraction of sp³-hybridized carbons (Fsp3) is 0.231. The Hall–Kier alpha value is -2.50. The molecule has 0 aliphatic heterocycles. The van der Waals surface area contributed by atoms with Crippen LogP contribution in [0.4, 0.5) is 5.82 Å².